The normalized spacial score (nSPS) is 11.8. The smallest absolute Gasteiger partial charge is 0.133 e. The number of phenolic OH excluding ortho intramolecular Hbond substituents is 1. The van der Waals surface area contributed by atoms with Crippen molar-refractivity contribution in [3.05, 3.63) is 28.0 Å². The van der Waals surface area contributed by atoms with Crippen molar-refractivity contribution in [2.24, 2.45) is 0 Å². The van der Waals surface area contributed by atoms with Gasteiger partial charge in [0.25, 0.3) is 0 Å². The van der Waals surface area contributed by atoms with Crippen LogP contribution in [0.1, 0.15) is 19.4 Å². The van der Waals surface area contributed by atoms with E-state index in [1.54, 1.807) is 0 Å². The molecule has 0 unspecified atom stereocenters. The largest absolute Gasteiger partial charge is 0.507 e. The second kappa shape index (κ2) is 3.27. The van der Waals surface area contributed by atoms with Crippen molar-refractivity contribution in [3.8, 4) is 5.75 Å². The van der Waals surface area contributed by atoms with Crippen LogP contribution in [0, 0.1) is 5.82 Å². The number of hydrogen-bond acceptors (Lipinski definition) is 2. The van der Waals surface area contributed by atoms with Crippen LogP contribution in [0.3, 0.4) is 0 Å². The maximum atomic E-state index is 13.2. The van der Waals surface area contributed by atoms with E-state index in [2.05, 4.69) is 15.9 Å². The van der Waals surface area contributed by atoms with E-state index in [9.17, 15) is 9.50 Å². The lowest BCUT2D eigenvalue weighted by molar-refractivity contribution is 0.0744. The van der Waals surface area contributed by atoms with Crippen LogP contribution in [0.4, 0.5) is 4.39 Å². The molecule has 0 bridgehead atoms. The molecule has 0 amide bonds. The van der Waals surface area contributed by atoms with Crippen LogP contribution in [-0.2, 0) is 5.60 Å². The summed E-state index contributed by atoms with van der Waals surface area (Å²) in [7, 11) is 0. The van der Waals surface area contributed by atoms with E-state index in [0.29, 0.717) is 4.47 Å². The van der Waals surface area contributed by atoms with Gasteiger partial charge in [0.1, 0.15) is 11.6 Å². The van der Waals surface area contributed by atoms with Crippen molar-refractivity contribution < 1.29 is 14.6 Å². The molecule has 1 rings (SSSR count). The third-order valence-corrected chi connectivity index (χ3v) is 2.33. The molecule has 2 nitrogen and oxygen atoms in total. The maximum Gasteiger partial charge on any atom is 0.133 e. The number of aliphatic hydroxyl groups is 1. The maximum absolute atomic E-state index is 13.2. The van der Waals surface area contributed by atoms with Gasteiger partial charge in [0, 0.05) is 11.6 Å². The Kier molecular flexibility index (Phi) is 2.63. The summed E-state index contributed by atoms with van der Waals surface area (Å²) >= 11 is 3.04. The zero-order chi connectivity index (χ0) is 10.2. The van der Waals surface area contributed by atoms with E-state index in [4.69, 9.17) is 5.11 Å². The van der Waals surface area contributed by atoms with Crippen molar-refractivity contribution >= 4 is 15.9 Å². The molecule has 0 atom stereocenters. The molecule has 72 valence electrons. The molecular formula is C9H10BrFO2. The Morgan fingerprint density at radius 2 is 1.92 bits per heavy atom. The summed E-state index contributed by atoms with van der Waals surface area (Å²) in [6.45, 7) is 2.96. The lowest BCUT2D eigenvalue weighted by atomic mass is 9.98. The molecule has 0 fully saturated rings. The fourth-order valence-electron chi connectivity index (χ4n) is 1.01. The average Bonchev–Trinajstić information content (AvgIpc) is 1.94. The van der Waals surface area contributed by atoms with Crippen molar-refractivity contribution in [3.63, 3.8) is 0 Å². The van der Waals surface area contributed by atoms with Gasteiger partial charge in [0.15, 0.2) is 0 Å². The number of hydrogen-bond donors (Lipinski definition) is 2. The fraction of sp³-hybridized carbons (Fsp3) is 0.333. The highest BCUT2D eigenvalue weighted by molar-refractivity contribution is 9.10. The molecule has 0 spiro atoms. The van der Waals surface area contributed by atoms with E-state index in [-0.39, 0.29) is 11.3 Å². The Hall–Kier alpha value is -0.610. The van der Waals surface area contributed by atoms with Crippen molar-refractivity contribution in [2.45, 2.75) is 19.4 Å². The molecule has 0 saturated heterocycles. The van der Waals surface area contributed by atoms with E-state index >= 15 is 0 Å². The summed E-state index contributed by atoms with van der Waals surface area (Å²) in [5.74, 6) is -0.793. The molecule has 4 heteroatoms. The summed E-state index contributed by atoms with van der Waals surface area (Å²) in [6, 6.07) is 2.34. The molecule has 0 heterocycles. The molecule has 0 saturated carbocycles. The SMILES string of the molecule is CC(C)(O)c1cc(Br)c(O)cc1F. The number of halogens is 2. The van der Waals surface area contributed by atoms with Crippen LogP contribution in [0.25, 0.3) is 0 Å². The van der Waals surface area contributed by atoms with Crippen LogP contribution in [0.5, 0.6) is 5.75 Å². The predicted octanol–water partition coefficient (Wildman–Crippen LogP) is 2.52. The zero-order valence-electron chi connectivity index (χ0n) is 7.31. The molecule has 0 aliphatic rings. The number of aromatic hydroxyl groups is 1. The van der Waals surface area contributed by atoms with Crippen LogP contribution in [-0.4, -0.2) is 10.2 Å². The number of rotatable bonds is 1. The summed E-state index contributed by atoms with van der Waals surface area (Å²) in [5.41, 5.74) is -1.10. The van der Waals surface area contributed by atoms with Gasteiger partial charge in [0.05, 0.1) is 10.1 Å². The Morgan fingerprint density at radius 3 is 2.38 bits per heavy atom. The molecule has 0 aliphatic heterocycles. The highest BCUT2D eigenvalue weighted by Crippen LogP contribution is 2.31. The third kappa shape index (κ3) is 2.19. The van der Waals surface area contributed by atoms with Crippen LogP contribution >= 0.6 is 15.9 Å². The first-order valence-corrected chi connectivity index (χ1v) is 4.52. The van der Waals surface area contributed by atoms with Gasteiger partial charge in [-0.3, -0.25) is 0 Å². The van der Waals surface area contributed by atoms with Crippen LogP contribution in [0.2, 0.25) is 0 Å². The minimum absolute atomic E-state index is 0.150. The van der Waals surface area contributed by atoms with E-state index in [1.165, 1.54) is 19.9 Å². The first kappa shape index (κ1) is 10.5. The Morgan fingerprint density at radius 1 is 1.38 bits per heavy atom. The van der Waals surface area contributed by atoms with Crippen molar-refractivity contribution in [2.75, 3.05) is 0 Å². The summed E-state index contributed by atoms with van der Waals surface area (Å²) in [5, 5.41) is 18.7. The van der Waals surface area contributed by atoms with Crippen LogP contribution < -0.4 is 0 Å². The molecule has 2 N–H and O–H groups in total. The third-order valence-electron chi connectivity index (χ3n) is 1.70. The Labute approximate surface area is 84.1 Å². The summed E-state index contributed by atoms with van der Waals surface area (Å²) < 4.78 is 13.6. The second-order valence-electron chi connectivity index (χ2n) is 3.34. The quantitative estimate of drug-likeness (QED) is 0.802. The van der Waals surface area contributed by atoms with Gasteiger partial charge in [0.2, 0.25) is 0 Å². The van der Waals surface area contributed by atoms with Gasteiger partial charge in [-0.25, -0.2) is 4.39 Å². The molecule has 1 aromatic carbocycles. The molecule has 0 aliphatic carbocycles. The van der Waals surface area contributed by atoms with Gasteiger partial charge in [-0.1, -0.05) is 0 Å². The Balaban J connectivity index is 3.32. The predicted molar refractivity (Wildman–Crippen MR) is 51.0 cm³/mol. The molecule has 13 heavy (non-hydrogen) atoms. The fourth-order valence-corrected chi connectivity index (χ4v) is 1.35. The Bertz CT molecular complexity index is 331. The first-order chi connectivity index (χ1) is 5.82. The molecule has 0 aromatic heterocycles. The summed E-state index contributed by atoms with van der Waals surface area (Å²) in [4.78, 5) is 0. The number of phenols is 1. The van der Waals surface area contributed by atoms with Gasteiger partial charge >= 0.3 is 0 Å². The van der Waals surface area contributed by atoms with Crippen molar-refractivity contribution in [1.82, 2.24) is 0 Å². The zero-order valence-corrected chi connectivity index (χ0v) is 8.89. The van der Waals surface area contributed by atoms with E-state index in [0.717, 1.165) is 6.07 Å². The monoisotopic (exact) mass is 248 g/mol. The number of benzene rings is 1. The summed E-state index contributed by atoms with van der Waals surface area (Å²) in [6.07, 6.45) is 0. The molecule has 0 radical (unpaired) electrons. The van der Waals surface area contributed by atoms with Crippen LogP contribution in [0.15, 0.2) is 16.6 Å². The highest BCUT2D eigenvalue weighted by Gasteiger charge is 2.21. The first-order valence-electron chi connectivity index (χ1n) is 3.73. The highest BCUT2D eigenvalue weighted by atomic mass is 79.9. The minimum Gasteiger partial charge on any atom is -0.507 e. The lowest BCUT2D eigenvalue weighted by Crippen LogP contribution is -2.17. The average molecular weight is 249 g/mol. The van der Waals surface area contributed by atoms with Gasteiger partial charge in [-0.05, 0) is 35.8 Å². The topological polar surface area (TPSA) is 40.5 Å². The van der Waals surface area contributed by atoms with Crippen molar-refractivity contribution in [1.29, 1.82) is 0 Å². The standard InChI is InChI=1S/C9H10BrFO2/c1-9(2,13)5-3-6(10)8(12)4-7(5)11/h3-4,12-13H,1-2H3. The molecular weight excluding hydrogens is 239 g/mol. The lowest BCUT2D eigenvalue weighted by Gasteiger charge is -2.18. The second-order valence-corrected chi connectivity index (χ2v) is 4.20. The van der Waals surface area contributed by atoms with Gasteiger partial charge in [-0.15, -0.1) is 0 Å². The van der Waals surface area contributed by atoms with E-state index in [1.807, 2.05) is 0 Å². The van der Waals surface area contributed by atoms with Gasteiger partial charge < -0.3 is 10.2 Å². The van der Waals surface area contributed by atoms with E-state index < -0.39 is 11.4 Å². The minimum atomic E-state index is -1.25. The van der Waals surface area contributed by atoms with Gasteiger partial charge in [-0.2, -0.15) is 0 Å². The molecule has 1 aromatic rings.